The fourth-order valence-corrected chi connectivity index (χ4v) is 2.51. The van der Waals surface area contributed by atoms with Gasteiger partial charge >= 0.3 is 5.97 Å². The molecule has 1 aliphatic heterocycles. The Kier molecular flexibility index (Phi) is 5.40. The van der Waals surface area contributed by atoms with Gasteiger partial charge in [-0.05, 0) is 25.5 Å². The number of carbonyl (C=O) groups excluding carboxylic acids is 2. The van der Waals surface area contributed by atoms with Crippen LogP contribution in [0.3, 0.4) is 0 Å². The zero-order valence-electron chi connectivity index (χ0n) is 14.7. The van der Waals surface area contributed by atoms with Crippen LogP contribution in [0.5, 0.6) is 0 Å². The van der Waals surface area contributed by atoms with Gasteiger partial charge in [-0.15, -0.1) is 0 Å². The van der Waals surface area contributed by atoms with Gasteiger partial charge in [-0.2, -0.15) is 10.1 Å². The SMILES string of the molecule is CCCc1noc(C(C)OC(=O)C2=NN(c3ccccc3)C(=O)CC2)n1. The Hall–Kier alpha value is -3.03. The number of hydrazone groups is 1. The van der Waals surface area contributed by atoms with E-state index in [-0.39, 0.29) is 30.4 Å². The van der Waals surface area contributed by atoms with Crippen molar-refractivity contribution in [3.8, 4) is 0 Å². The summed E-state index contributed by atoms with van der Waals surface area (Å²) in [5.74, 6) is 0.0681. The lowest BCUT2D eigenvalue weighted by molar-refractivity contribution is -0.141. The fraction of sp³-hybridized carbons (Fsp3) is 0.389. The third kappa shape index (κ3) is 3.96. The van der Waals surface area contributed by atoms with Crippen LogP contribution < -0.4 is 5.01 Å². The zero-order valence-corrected chi connectivity index (χ0v) is 14.7. The summed E-state index contributed by atoms with van der Waals surface area (Å²) in [6.07, 6.45) is 1.33. The molecule has 1 aromatic carbocycles. The van der Waals surface area contributed by atoms with Gasteiger partial charge in [0.2, 0.25) is 5.91 Å². The Balaban J connectivity index is 1.71. The van der Waals surface area contributed by atoms with Crippen LogP contribution in [0, 0.1) is 0 Å². The number of para-hydroxylation sites is 1. The number of rotatable bonds is 6. The first kappa shape index (κ1) is 17.8. The van der Waals surface area contributed by atoms with Gasteiger partial charge in [0.1, 0.15) is 5.71 Å². The van der Waals surface area contributed by atoms with Crippen LogP contribution in [-0.4, -0.2) is 27.7 Å². The van der Waals surface area contributed by atoms with Crippen molar-refractivity contribution in [1.82, 2.24) is 10.1 Å². The number of benzene rings is 1. The van der Waals surface area contributed by atoms with E-state index < -0.39 is 12.1 Å². The first-order chi connectivity index (χ1) is 12.6. The van der Waals surface area contributed by atoms with E-state index in [1.807, 2.05) is 13.0 Å². The van der Waals surface area contributed by atoms with E-state index in [0.717, 1.165) is 6.42 Å². The zero-order chi connectivity index (χ0) is 18.5. The normalized spacial score (nSPS) is 15.5. The second kappa shape index (κ2) is 7.90. The lowest BCUT2D eigenvalue weighted by Gasteiger charge is -2.23. The second-order valence-corrected chi connectivity index (χ2v) is 5.93. The molecule has 0 radical (unpaired) electrons. The van der Waals surface area contributed by atoms with Crippen LogP contribution in [0.15, 0.2) is 40.0 Å². The predicted molar refractivity (Wildman–Crippen MR) is 93.4 cm³/mol. The van der Waals surface area contributed by atoms with Crippen molar-refractivity contribution in [3.63, 3.8) is 0 Å². The monoisotopic (exact) mass is 356 g/mol. The van der Waals surface area contributed by atoms with Gasteiger partial charge in [-0.1, -0.05) is 30.3 Å². The number of anilines is 1. The number of carbonyl (C=O) groups is 2. The smallest absolute Gasteiger partial charge is 0.355 e. The molecule has 2 heterocycles. The summed E-state index contributed by atoms with van der Waals surface area (Å²) < 4.78 is 10.5. The van der Waals surface area contributed by atoms with Crippen LogP contribution >= 0.6 is 0 Å². The Morgan fingerprint density at radius 1 is 1.31 bits per heavy atom. The van der Waals surface area contributed by atoms with Gasteiger partial charge in [0, 0.05) is 19.3 Å². The summed E-state index contributed by atoms with van der Waals surface area (Å²) in [5.41, 5.74) is 0.797. The molecule has 1 atom stereocenters. The number of hydrogen-bond donors (Lipinski definition) is 0. The number of aromatic nitrogens is 2. The molecule has 0 saturated heterocycles. The Bertz CT molecular complexity index is 816. The summed E-state index contributed by atoms with van der Waals surface area (Å²) in [5, 5.41) is 9.25. The minimum atomic E-state index is -0.689. The quantitative estimate of drug-likeness (QED) is 0.738. The third-order valence-electron chi connectivity index (χ3n) is 3.86. The highest BCUT2D eigenvalue weighted by atomic mass is 16.6. The molecule has 8 nitrogen and oxygen atoms in total. The Morgan fingerprint density at radius 2 is 2.08 bits per heavy atom. The van der Waals surface area contributed by atoms with Gasteiger partial charge in [0.15, 0.2) is 11.9 Å². The molecule has 0 fully saturated rings. The molecule has 3 rings (SSSR count). The molecule has 1 aromatic heterocycles. The van der Waals surface area contributed by atoms with E-state index in [1.54, 1.807) is 31.2 Å². The molecule has 0 bridgehead atoms. The number of hydrogen-bond acceptors (Lipinski definition) is 7. The maximum Gasteiger partial charge on any atom is 0.355 e. The molecule has 26 heavy (non-hydrogen) atoms. The highest BCUT2D eigenvalue weighted by Gasteiger charge is 2.28. The number of nitrogens with zero attached hydrogens (tertiary/aromatic N) is 4. The highest BCUT2D eigenvalue weighted by Crippen LogP contribution is 2.21. The third-order valence-corrected chi connectivity index (χ3v) is 3.86. The Labute approximate surface area is 150 Å². The van der Waals surface area contributed by atoms with E-state index >= 15 is 0 Å². The van der Waals surface area contributed by atoms with Crippen molar-refractivity contribution < 1.29 is 18.8 Å². The number of esters is 1. The van der Waals surface area contributed by atoms with Gasteiger partial charge < -0.3 is 9.26 Å². The van der Waals surface area contributed by atoms with Crippen LogP contribution in [0.2, 0.25) is 0 Å². The summed E-state index contributed by atoms with van der Waals surface area (Å²) in [6, 6.07) is 8.96. The molecule has 136 valence electrons. The molecular formula is C18H20N4O4. The predicted octanol–water partition coefficient (Wildman–Crippen LogP) is 2.81. The molecule has 2 aromatic rings. The van der Waals surface area contributed by atoms with Gasteiger partial charge in [0.25, 0.3) is 5.89 Å². The molecule has 8 heteroatoms. The van der Waals surface area contributed by atoms with Crippen molar-refractivity contribution in [1.29, 1.82) is 0 Å². The van der Waals surface area contributed by atoms with E-state index in [9.17, 15) is 9.59 Å². The van der Waals surface area contributed by atoms with E-state index in [2.05, 4.69) is 15.2 Å². The lowest BCUT2D eigenvalue weighted by atomic mass is 10.1. The molecule has 1 amide bonds. The molecular weight excluding hydrogens is 336 g/mol. The van der Waals surface area contributed by atoms with Gasteiger partial charge in [-0.3, -0.25) is 4.79 Å². The van der Waals surface area contributed by atoms with Crippen molar-refractivity contribution in [2.45, 2.75) is 45.6 Å². The molecule has 0 saturated carbocycles. The van der Waals surface area contributed by atoms with E-state index in [4.69, 9.17) is 9.26 Å². The first-order valence-electron chi connectivity index (χ1n) is 8.57. The molecule has 0 N–H and O–H groups in total. The average molecular weight is 356 g/mol. The maximum absolute atomic E-state index is 12.4. The van der Waals surface area contributed by atoms with Crippen LogP contribution in [0.4, 0.5) is 5.69 Å². The fourth-order valence-electron chi connectivity index (χ4n) is 2.51. The average Bonchev–Trinajstić information content (AvgIpc) is 3.12. The van der Waals surface area contributed by atoms with Crippen molar-refractivity contribution >= 4 is 23.3 Å². The summed E-state index contributed by atoms with van der Waals surface area (Å²) in [6.45, 7) is 3.67. The van der Waals surface area contributed by atoms with E-state index in [1.165, 1.54) is 5.01 Å². The second-order valence-electron chi connectivity index (χ2n) is 5.93. The summed E-state index contributed by atoms with van der Waals surface area (Å²) in [4.78, 5) is 28.7. The van der Waals surface area contributed by atoms with Gasteiger partial charge in [0.05, 0.1) is 5.69 Å². The van der Waals surface area contributed by atoms with Crippen LogP contribution in [0.1, 0.15) is 50.9 Å². The Morgan fingerprint density at radius 3 is 2.81 bits per heavy atom. The maximum atomic E-state index is 12.4. The minimum absolute atomic E-state index is 0.165. The van der Waals surface area contributed by atoms with Crippen LogP contribution in [0.25, 0.3) is 0 Å². The number of ether oxygens (including phenoxy) is 1. The molecule has 1 unspecified atom stereocenters. The molecule has 1 aliphatic rings. The summed E-state index contributed by atoms with van der Waals surface area (Å²) in [7, 11) is 0. The lowest BCUT2D eigenvalue weighted by Crippen LogP contribution is -2.35. The van der Waals surface area contributed by atoms with E-state index in [0.29, 0.717) is 17.9 Å². The van der Waals surface area contributed by atoms with Crippen molar-refractivity contribution in [2.24, 2.45) is 5.10 Å². The number of amides is 1. The number of aryl methyl sites for hydroxylation is 1. The van der Waals surface area contributed by atoms with Gasteiger partial charge in [-0.25, -0.2) is 9.80 Å². The van der Waals surface area contributed by atoms with Crippen molar-refractivity contribution in [3.05, 3.63) is 42.0 Å². The standard InChI is InChI=1S/C18H20N4O4/c1-3-7-15-19-17(26-21-15)12(2)25-18(24)14-10-11-16(23)22(20-14)13-8-5-4-6-9-13/h4-6,8-9,12H,3,7,10-11H2,1-2H3. The molecule has 0 aliphatic carbocycles. The summed E-state index contributed by atoms with van der Waals surface area (Å²) >= 11 is 0. The largest absolute Gasteiger partial charge is 0.448 e. The topological polar surface area (TPSA) is 97.9 Å². The first-order valence-corrected chi connectivity index (χ1v) is 8.57. The van der Waals surface area contributed by atoms with Crippen LogP contribution in [-0.2, 0) is 20.7 Å². The molecule has 0 spiro atoms. The minimum Gasteiger partial charge on any atom is -0.448 e. The highest BCUT2D eigenvalue weighted by molar-refractivity contribution is 6.38. The van der Waals surface area contributed by atoms with Crippen molar-refractivity contribution in [2.75, 3.05) is 5.01 Å².